The lowest BCUT2D eigenvalue weighted by molar-refractivity contribution is 0.215. The Bertz CT molecular complexity index is 415. The van der Waals surface area contributed by atoms with Crippen molar-refractivity contribution in [3.05, 3.63) is 50.9 Å². The van der Waals surface area contributed by atoms with Gasteiger partial charge in [-0.15, -0.1) is 0 Å². The van der Waals surface area contributed by atoms with Gasteiger partial charge in [0.1, 0.15) is 6.10 Å². The van der Waals surface area contributed by atoms with Crippen LogP contribution in [0.1, 0.15) is 17.4 Å². The van der Waals surface area contributed by atoms with E-state index in [0.717, 1.165) is 10.0 Å². The fraction of sp³-hybridized carbons (Fsp3) is 0.100. The van der Waals surface area contributed by atoms with Crippen molar-refractivity contribution in [2.75, 3.05) is 0 Å². The van der Waals surface area contributed by atoms with Crippen molar-refractivity contribution in [2.24, 2.45) is 0 Å². The number of aromatic nitrogens is 1. The minimum absolute atomic E-state index is 0.642. The van der Waals surface area contributed by atoms with Crippen LogP contribution in [0.25, 0.3) is 0 Å². The summed E-state index contributed by atoms with van der Waals surface area (Å²) in [6.07, 6.45) is 1.04. The molecule has 4 heteroatoms. The lowest BCUT2D eigenvalue weighted by Gasteiger charge is -2.08. The Morgan fingerprint density at radius 1 is 1.36 bits per heavy atom. The van der Waals surface area contributed by atoms with E-state index in [1.165, 1.54) is 0 Å². The van der Waals surface area contributed by atoms with Gasteiger partial charge in [-0.25, -0.2) is 0 Å². The summed E-state index contributed by atoms with van der Waals surface area (Å²) in [5.41, 5.74) is 1.54. The highest BCUT2D eigenvalue weighted by atomic mass is 79.9. The van der Waals surface area contributed by atoms with E-state index in [-0.39, 0.29) is 0 Å². The quantitative estimate of drug-likeness (QED) is 0.910. The largest absolute Gasteiger partial charge is 0.382 e. The Hall–Kier alpha value is -0.710. The number of halogens is 1. The van der Waals surface area contributed by atoms with Crippen molar-refractivity contribution in [1.82, 2.24) is 4.98 Å². The Kier molecular flexibility index (Phi) is 2.96. The second kappa shape index (κ2) is 4.21. The number of rotatable bonds is 2. The summed E-state index contributed by atoms with van der Waals surface area (Å²) in [4.78, 5) is 4.11. The summed E-state index contributed by atoms with van der Waals surface area (Å²) in [7, 11) is 0. The molecule has 2 aromatic heterocycles. The van der Waals surface area contributed by atoms with E-state index in [9.17, 15) is 5.11 Å². The normalized spacial score (nSPS) is 12.7. The molecule has 0 saturated heterocycles. The molecule has 0 aromatic carbocycles. The molecule has 1 N–H and O–H groups in total. The van der Waals surface area contributed by atoms with Gasteiger partial charge in [0, 0.05) is 21.6 Å². The van der Waals surface area contributed by atoms with Gasteiger partial charge in [-0.05, 0) is 33.4 Å². The summed E-state index contributed by atoms with van der Waals surface area (Å²) in [5, 5.41) is 13.8. The maximum Gasteiger partial charge on any atom is 0.123 e. The molecule has 0 aliphatic heterocycles. The minimum atomic E-state index is -0.642. The minimum Gasteiger partial charge on any atom is -0.382 e. The third kappa shape index (κ3) is 1.87. The Balaban J connectivity index is 2.34. The van der Waals surface area contributed by atoms with Gasteiger partial charge >= 0.3 is 0 Å². The summed E-state index contributed by atoms with van der Waals surface area (Å²) in [5.74, 6) is 0. The standard InChI is InChI=1S/C10H8BrNOS/c11-8-6-14-5-7(8)10(13)9-3-1-2-4-12-9/h1-6,10,13H. The lowest BCUT2D eigenvalue weighted by Crippen LogP contribution is -2.00. The van der Waals surface area contributed by atoms with Crippen LogP contribution in [0, 0.1) is 0 Å². The molecule has 0 bridgehead atoms. The third-order valence-electron chi connectivity index (χ3n) is 1.90. The van der Waals surface area contributed by atoms with Crippen LogP contribution in [0.5, 0.6) is 0 Å². The van der Waals surface area contributed by atoms with Crippen molar-refractivity contribution in [2.45, 2.75) is 6.10 Å². The van der Waals surface area contributed by atoms with Gasteiger partial charge in [-0.2, -0.15) is 11.3 Å². The molecule has 0 amide bonds. The Morgan fingerprint density at radius 3 is 2.79 bits per heavy atom. The molecule has 72 valence electrons. The van der Waals surface area contributed by atoms with Crippen LogP contribution in [-0.4, -0.2) is 10.1 Å². The zero-order valence-electron chi connectivity index (χ0n) is 7.22. The van der Waals surface area contributed by atoms with Crippen LogP contribution in [0.2, 0.25) is 0 Å². The van der Waals surface area contributed by atoms with Crippen LogP contribution in [0.3, 0.4) is 0 Å². The molecule has 2 aromatic rings. The molecule has 0 aliphatic rings. The van der Waals surface area contributed by atoms with Crippen LogP contribution in [0.15, 0.2) is 39.6 Å². The molecule has 2 nitrogen and oxygen atoms in total. The van der Waals surface area contributed by atoms with Crippen LogP contribution >= 0.6 is 27.3 Å². The maximum atomic E-state index is 9.98. The predicted octanol–water partition coefficient (Wildman–Crippen LogP) is 2.99. The summed E-state index contributed by atoms with van der Waals surface area (Å²) in [6.45, 7) is 0. The maximum absolute atomic E-state index is 9.98. The first-order chi connectivity index (χ1) is 6.79. The number of aliphatic hydroxyl groups excluding tert-OH is 1. The predicted molar refractivity (Wildman–Crippen MR) is 60.3 cm³/mol. The van der Waals surface area contributed by atoms with Crippen molar-refractivity contribution in [3.63, 3.8) is 0 Å². The molecule has 2 heterocycles. The number of hydrogen-bond donors (Lipinski definition) is 1. The molecular weight excluding hydrogens is 262 g/mol. The number of thiophene rings is 1. The van der Waals surface area contributed by atoms with Crippen LogP contribution in [-0.2, 0) is 0 Å². The van der Waals surface area contributed by atoms with Gasteiger partial charge in [0.05, 0.1) is 5.69 Å². The molecule has 0 fully saturated rings. The highest BCUT2D eigenvalue weighted by Crippen LogP contribution is 2.30. The van der Waals surface area contributed by atoms with E-state index < -0.39 is 6.10 Å². The summed E-state index contributed by atoms with van der Waals surface area (Å²) >= 11 is 4.94. The molecule has 0 aliphatic carbocycles. The van der Waals surface area contributed by atoms with Crippen molar-refractivity contribution < 1.29 is 5.11 Å². The smallest absolute Gasteiger partial charge is 0.123 e. The molecular formula is C10H8BrNOS. The van der Waals surface area contributed by atoms with Gasteiger partial charge in [-0.3, -0.25) is 4.98 Å². The number of nitrogens with zero attached hydrogens (tertiary/aromatic N) is 1. The van der Waals surface area contributed by atoms with Crippen molar-refractivity contribution >= 4 is 27.3 Å². The molecule has 0 spiro atoms. The number of aliphatic hydroxyl groups is 1. The Labute approximate surface area is 94.4 Å². The molecule has 0 saturated carbocycles. The summed E-state index contributed by atoms with van der Waals surface area (Å²) < 4.78 is 0.931. The third-order valence-corrected chi connectivity index (χ3v) is 3.66. The van der Waals surface area contributed by atoms with Gasteiger partial charge in [0.15, 0.2) is 0 Å². The molecule has 2 rings (SSSR count). The SMILES string of the molecule is OC(c1ccccn1)c1cscc1Br. The first-order valence-corrected chi connectivity index (χ1v) is 5.83. The van der Waals surface area contributed by atoms with E-state index in [4.69, 9.17) is 0 Å². The van der Waals surface area contributed by atoms with Gasteiger partial charge in [0.2, 0.25) is 0 Å². The fourth-order valence-electron chi connectivity index (χ4n) is 1.18. The van der Waals surface area contributed by atoms with Crippen molar-refractivity contribution in [1.29, 1.82) is 0 Å². The topological polar surface area (TPSA) is 33.1 Å². The highest BCUT2D eigenvalue weighted by Gasteiger charge is 2.14. The first-order valence-electron chi connectivity index (χ1n) is 4.09. The van der Waals surface area contributed by atoms with Crippen LogP contribution in [0.4, 0.5) is 0 Å². The molecule has 1 unspecified atom stereocenters. The van der Waals surface area contributed by atoms with Gasteiger partial charge < -0.3 is 5.11 Å². The van der Waals surface area contributed by atoms with E-state index in [2.05, 4.69) is 20.9 Å². The number of hydrogen-bond acceptors (Lipinski definition) is 3. The van der Waals surface area contributed by atoms with Gasteiger partial charge in [0.25, 0.3) is 0 Å². The zero-order chi connectivity index (χ0) is 9.97. The number of pyridine rings is 1. The van der Waals surface area contributed by atoms with E-state index in [1.54, 1.807) is 17.5 Å². The monoisotopic (exact) mass is 269 g/mol. The van der Waals surface area contributed by atoms with E-state index >= 15 is 0 Å². The molecule has 1 atom stereocenters. The van der Waals surface area contributed by atoms with Gasteiger partial charge in [-0.1, -0.05) is 6.07 Å². The van der Waals surface area contributed by atoms with E-state index in [1.807, 2.05) is 29.0 Å². The van der Waals surface area contributed by atoms with Crippen molar-refractivity contribution in [3.8, 4) is 0 Å². The Morgan fingerprint density at radius 2 is 2.21 bits per heavy atom. The second-order valence-electron chi connectivity index (χ2n) is 2.83. The molecule has 14 heavy (non-hydrogen) atoms. The lowest BCUT2D eigenvalue weighted by atomic mass is 10.1. The average molecular weight is 270 g/mol. The van der Waals surface area contributed by atoms with Crippen LogP contribution < -0.4 is 0 Å². The average Bonchev–Trinajstić information content (AvgIpc) is 2.65. The molecule has 0 radical (unpaired) electrons. The van der Waals surface area contributed by atoms with E-state index in [0.29, 0.717) is 5.69 Å². The second-order valence-corrected chi connectivity index (χ2v) is 4.43. The zero-order valence-corrected chi connectivity index (χ0v) is 9.62. The highest BCUT2D eigenvalue weighted by molar-refractivity contribution is 9.10. The first kappa shape index (κ1) is 9.83. The summed E-state index contributed by atoms with van der Waals surface area (Å²) in [6, 6.07) is 5.51. The fourth-order valence-corrected chi connectivity index (χ4v) is 2.72.